The van der Waals surface area contributed by atoms with E-state index in [0.29, 0.717) is 19.3 Å². The fourth-order valence-corrected chi connectivity index (χ4v) is 3.15. The zero-order valence-electron chi connectivity index (χ0n) is 17.3. The average molecular weight is 417 g/mol. The Morgan fingerprint density at radius 1 is 0.931 bits per heavy atom. The van der Waals surface area contributed by atoms with E-state index in [1.807, 2.05) is 6.92 Å². The lowest BCUT2D eigenvalue weighted by atomic mass is 9.97. The molecule has 9 heteroatoms. The Balaban J connectivity index is 2.27. The molecule has 0 aliphatic carbocycles. The van der Waals surface area contributed by atoms with Crippen LogP contribution in [0.25, 0.3) is 0 Å². The first-order chi connectivity index (χ1) is 13.8. The van der Waals surface area contributed by atoms with Gasteiger partial charge in [-0.1, -0.05) is 26.2 Å². The number of aliphatic hydroxyl groups is 3. The quantitative estimate of drug-likeness (QED) is 0.252. The third kappa shape index (κ3) is 9.66. The van der Waals surface area contributed by atoms with Crippen LogP contribution in [0.3, 0.4) is 0 Å². The van der Waals surface area contributed by atoms with E-state index in [0.717, 1.165) is 25.7 Å². The minimum atomic E-state index is -1.52. The molecule has 0 spiro atoms. The normalized spacial score (nSPS) is 26.7. The number of unbranched alkanes of at least 4 members (excludes halogenated alkanes) is 4. The van der Waals surface area contributed by atoms with Crippen molar-refractivity contribution in [3.05, 3.63) is 0 Å². The number of carbonyl (C=O) groups is 3. The molecule has 5 atom stereocenters. The molecule has 0 aromatic carbocycles. The van der Waals surface area contributed by atoms with Gasteiger partial charge in [0.2, 0.25) is 5.91 Å². The maximum Gasteiger partial charge on any atom is 0.305 e. The van der Waals surface area contributed by atoms with Crippen LogP contribution in [0.15, 0.2) is 0 Å². The summed E-state index contributed by atoms with van der Waals surface area (Å²) in [6.07, 6.45) is 0.423. The van der Waals surface area contributed by atoms with E-state index in [1.165, 1.54) is 0 Å². The minimum absolute atomic E-state index is 0.186. The summed E-state index contributed by atoms with van der Waals surface area (Å²) >= 11 is 0. The minimum Gasteiger partial charge on any atom is -0.463 e. The maximum absolute atomic E-state index is 11.8. The number of Topliss-reactive ketones (excluding diaryl/α,β-unsaturated/α-hetero) is 1. The number of carbonyl (C=O) groups excluding carboxylic acids is 3. The molecule has 1 heterocycles. The zero-order valence-corrected chi connectivity index (χ0v) is 17.3. The number of nitrogens with one attached hydrogen (secondary N) is 1. The Morgan fingerprint density at radius 2 is 1.55 bits per heavy atom. The molecule has 1 amide bonds. The molecule has 0 bridgehead atoms. The van der Waals surface area contributed by atoms with Gasteiger partial charge >= 0.3 is 5.97 Å². The highest BCUT2D eigenvalue weighted by Gasteiger charge is 2.44. The van der Waals surface area contributed by atoms with Gasteiger partial charge in [-0.15, -0.1) is 0 Å². The van der Waals surface area contributed by atoms with E-state index < -0.39 is 36.6 Å². The first-order valence-electron chi connectivity index (χ1n) is 10.4. The van der Waals surface area contributed by atoms with Gasteiger partial charge in [-0.05, 0) is 26.2 Å². The van der Waals surface area contributed by atoms with Gasteiger partial charge in [-0.2, -0.15) is 0 Å². The lowest BCUT2D eigenvalue weighted by Gasteiger charge is -2.40. The number of ketones is 1. The molecule has 1 saturated heterocycles. The highest BCUT2D eigenvalue weighted by atomic mass is 16.6. The predicted molar refractivity (Wildman–Crippen MR) is 104 cm³/mol. The van der Waals surface area contributed by atoms with Crippen molar-refractivity contribution in [3.8, 4) is 0 Å². The van der Waals surface area contributed by atoms with Crippen molar-refractivity contribution >= 4 is 17.7 Å². The molecule has 4 N–H and O–H groups in total. The number of hydrogen-bond acceptors (Lipinski definition) is 8. The van der Waals surface area contributed by atoms with Crippen LogP contribution in [0, 0.1) is 0 Å². The second-order valence-electron chi connectivity index (χ2n) is 7.54. The van der Waals surface area contributed by atoms with Crippen molar-refractivity contribution in [1.29, 1.82) is 0 Å². The van der Waals surface area contributed by atoms with E-state index in [4.69, 9.17) is 9.47 Å². The van der Waals surface area contributed by atoms with E-state index in [1.54, 1.807) is 6.92 Å². The van der Waals surface area contributed by atoms with Gasteiger partial charge in [-0.3, -0.25) is 9.59 Å². The van der Waals surface area contributed by atoms with Crippen LogP contribution in [-0.4, -0.2) is 70.2 Å². The Bertz CT molecular complexity index is 527. The van der Waals surface area contributed by atoms with Gasteiger partial charge < -0.3 is 34.9 Å². The van der Waals surface area contributed by atoms with Gasteiger partial charge in [0.25, 0.3) is 0 Å². The van der Waals surface area contributed by atoms with Crippen LogP contribution in [0.2, 0.25) is 0 Å². The molecule has 0 radical (unpaired) electrons. The van der Waals surface area contributed by atoms with Crippen molar-refractivity contribution in [2.75, 3.05) is 6.61 Å². The number of hydrogen-bond donors (Lipinski definition) is 4. The van der Waals surface area contributed by atoms with Gasteiger partial charge in [0.05, 0.1) is 0 Å². The maximum atomic E-state index is 11.8. The number of aliphatic hydroxyl groups excluding tert-OH is 3. The molecule has 1 aliphatic rings. The van der Waals surface area contributed by atoms with Crippen LogP contribution in [0.4, 0.5) is 0 Å². The second-order valence-corrected chi connectivity index (χ2v) is 7.54. The molecular weight excluding hydrogens is 382 g/mol. The summed E-state index contributed by atoms with van der Waals surface area (Å²) in [7, 11) is 0. The number of ether oxygens (including phenoxy) is 2. The highest BCUT2D eigenvalue weighted by Crippen LogP contribution is 2.21. The number of esters is 1. The first kappa shape index (κ1) is 25.5. The van der Waals surface area contributed by atoms with Gasteiger partial charge in [0.1, 0.15) is 36.7 Å². The lowest BCUT2D eigenvalue weighted by Crippen LogP contribution is -2.64. The Hall–Kier alpha value is -1.55. The summed E-state index contributed by atoms with van der Waals surface area (Å²) < 4.78 is 10.3. The summed E-state index contributed by atoms with van der Waals surface area (Å²) in [4.78, 5) is 34.3. The molecule has 0 aromatic heterocycles. The van der Waals surface area contributed by atoms with Crippen LogP contribution >= 0.6 is 0 Å². The largest absolute Gasteiger partial charge is 0.463 e. The molecular formula is C20H35NO8. The van der Waals surface area contributed by atoms with Gasteiger partial charge in [0.15, 0.2) is 6.29 Å². The third-order valence-electron chi connectivity index (χ3n) is 4.84. The summed E-state index contributed by atoms with van der Waals surface area (Å²) in [6.45, 7) is 3.09. The number of rotatable bonds is 13. The molecule has 9 nitrogen and oxygen atoms in total. The van der Waals surface area contributed by atoms with Crippen molar-refractivity contribution in [1.82, 2.24) is 5.32 Å². The molecule has 0 saturated carbocycles. The predicted octanol–water partition coefficient (Wildman–Crippen LogP) is 0.573. The molecule has 1 fully saturated rings. The monoisotopic (exact) mass is 417 g/mol. The van der Waals surface area contributed by atoms with Crippen molar-refractivity contribution in [2.24, 2.45) is 0 Å². The summed E-state index contributed by atoms with van der Waals surface area (Å²) in [5, 5.41) is 32.8. The summed E-state index contributed by atoms with van der Waals surface area (Å²) in [5.74, 6) is -0.630. The van der Waals surface area contributed by atoms with Crippen LogP contribution < -0.4 is 5.32 Å². The first-order valence-corrected chi connectivity index (χ1v) is 10.4. The standard InChI is InChI=1S/C20H35NO8/c1-3-9-15(23)21-17-19(26)18(25)14(29-20(17)27)12-28-16(24)11-8-6-4-5-7-10-13(2)22/h14,17-20,25-27H,3-12H2,1-2H3,(H,21,23)/t14-,17-,18-,19-,20?/m1/s1. The fraction of sp³-hybridized carbons (Fsp3) is 0.850. The Labute approximate surface area is 171 Å². The van der Waals surface area contributed by atoms with E-state index in [2.05, 4.69) is 5.32 Å². The summed E-state index contributed by atoms with van der Waals surface area (Å²) in [6, 6.07) is -1.15. The molecule has 29 heavy (non-hydrogen) atoms. The smallest absolute Gasteiger partial charge is 0.305 e. The van der Waals surface area contributed by atoms with Crippen LogP contribution in [0.5, 0.6) is 0 Å². The Morgan fingerprint density at radius 3 is 2.17 bits per heavy atom. The van der Waals surface area contributed by atoms with Crippen molar-refractivity contribution in [3.63, 3.8) is 0 Å². The van der Waals surface area contributed by atoms with Gasteiger partial charge in [-0.25, -0.2) is 0 Å². The molecule has 168 valence electrons. The van der Waals surface area contributed by atoms with Crippen molar-refractivity contribution in [2.45, 2.75) is 102 Å². The molecule has 1 unspecified atom stereocenters. The number of amides is 1. The molecule has 0 aromatic rings. The average Bonchev–Trinajstić information content (AvgIpc) is 2.66. The second kappa shape index (κ2) is 13.6. The van der Waals surface area contributed by atoms with Gasteiger partial charge in [0, 0.05) is 19.3 Å². The summed E-state index contributed by atoms with van der Waals surface area (Å²) in [5.41, 5.74) is 0. The van der Waals surface area contributed by atoms with Crippen LogP contribution in [0.1, 0.15) is 71.6 Å². The van der Waals surface area contributed by atoms with E-state index in [9.17, 15) is 29.7 Å². The SMILES string of the molecule is CCCC(=O)N[C@H]1C(O)O[C@H](COC(=O)CCCCCCCC(C)=O)[C@@H](O)[C@@H]1O. The van der Waals surface area contributed by atoms with Crippen molar-refractivity contribution < 1.29 is 39.2 Å². The van der Waals surface area contributed by atoms with Crippen LogP contribution in [-0.2, 0) is 23.9 Å². The topological polar surface area (TPSA) is 142 Å². The fourth-order valence-electron chi connectivity index (χ4n) is 3.15. The van der Waals surface area contributed by atoms with E-state index in [-0.39, 0.29) is 31.1 Å². The van der Waals surface area contributed by atoms with E-state index >= 15 is 0 Å². The molecule has 1 rings (SSSR count). The third-order valence-corrected chi connectivity index (χ3v) is 4.84. The Kier molecular flexibility index (Phi) is 12.0. The highest BCUT2D eigenvalue weighted by molar-refractivity contribution is 5.76. The lowest BCUT2D eigenvalue weighted by molar-refractivity contribution is -0.255. The molecule has 1 aliphatic heterocycles. The zero-order chi connectivity index (χ0) is 21.8.